The normalized spacial score (nSPS) is 10.3. The average Bonchev–Trinajstić information content (AvgIpc) is 3.37. The molecule has 3 rings (SSSR count). The Bertz CT molecular complexity index is 1240. The van der Waals surface area contributed by atoms with Crippen LogP contribution in [0.4, 0.5) is 17.1 Å². The van der Waals surface area contributed by atoms with Gasteiger partial charge in [0.05, 0.1) is 22.9 Å². The molecule has 3 aromatic heterocycles. The molecule has 0 saturated carbocycles. The molecule has 34 heavy (non-hydrogen) atoms. The van der Waals surface area contributed by atoms with Crippen molar-refractivity contribution in [2.24, 2.45) is 26.9 Å². The van der Waals surface area contributed by atoms with Crippen LogP contribution in [-0.4, -0.2) is 43.8 Å². The zero-order valence-corrected chi connectivity index (χ0v) is 19.8. The van der Waals surface area contributed by atoms with E-state index >= 15 is 0 Å². The molecule has 12 nitrogen and oxygen atoms in total. The van der Waals surface area contributed by atoms with Gasteiger partial charge in [0, 0.05) is 52.7 Å². The maximum Gasteiger partial charge on any atom is 0.272 e. The molecule has 0 saturated heterocycles. The molecule has 182 valence electrons. The number of amidine groups is 1. The van der Waals surface area contributed by atoms with Gasteiger partial charge in [-0.2, -0.15) is 0 Å². The highest BCUT2D eigenvalue weighted by Gasteiger charge is 2.18. The Morgan fingerprint density at radius 1 is 0.824 bits per heavy atom. The monoisotopic (exact) mass is 489 g/mol. The van der Waals surface area contributed by atoms with Gasteiger partial charge in [0.1, 0.15) is 17.1 Å². The summed E-state index contributed by atoms with van der Waals surface area (Å²) in [5.74, 6) is -1.11. The molecular formula is C21H28ClN9O3. The number of nitrogens with two attached hydrogens (primary N) is 2. The Morgan fingerprint density at radius 3 is 1.71 bits per heavy atom. The number of hydrogen-bond donors (Lipinski definition) is 6. The van der Waals surface area contributed by atoms with Gasteiger partial charge in [0.25, 0.3) is 17.7 Å². The summed E-state index contributed by atoms with van der Waals surface area (Å²) in [4.78, 5) is 37.6. The molecule has 3 heterocycles. The van der Waals surface area contributed by atoms with Crippen LogP contribution in [0.3, 0.4) is 0 Å². The highest BCUT2D eigenvalue weighted by atomic mass is 35.5. The molecule has 0 radical (unpaired) electrons. The number of nitrogens with one attached hydrogen (secondary N) is 4. The van der Waals surface area contributed by atoms with Gasteiger partial charge in [0.2, 0.25) is 0 Å². The molecule has 0 fully saturated rings. The third-order valence-corrected chi connectivity index (χ3v) is 4.93. The summed E-state index contributed by atoms with van der Waals surface area (Å²) < 4.78 is 4.79. The van der Waals surface area contributed by atoms with E-state index in [1.165, 1.54) is 0 Å². The standard InChI is InChI=1S/C21H27N9O3.ClH/c1-28-9-12(22)6-15(28)20(32)26-14-8-17(30(3)11-14)21(33)27-13-7-16(29(2)10-13)19(31)25-5-4-18(23)24;/h6-11H,4-5,22H2,1-3H3,(H3,23,24)(H,25,31)(H,26,32)(H,27,33);1H. The lowest BCUT2D eigenvalue weighted by molar-refractivity contribution is 0.0945. The van der Waals surface area contributed by atoms with Gasteiger partial charge in [-0.15, -0.1) is 12.4 Å². The van der Waals surface area contributed by atoms with Gasteiger partial charge in [0.15, 0.2) is 0 Å². The zero-order valence-electron chi connectivity index (χ0n) is 19.0. The lowest BCUT2D eigenvalue weighted by Crippen LogP contribution is -2.28. The fourth-order valence-electron chi connectivity index (χ4n) is 3.32. The average molecular weight is 490 g/mol. The van der Waals surface area contributed by atoms with Crippen molar-refractivity contribution in [3.8, 4) is 0 Å². The molecule has 13 heteroatoms. The number of amides is 3. The van der Waals surface area contributed by atoms with Gasteiger partial charge >= 0.3 is 0 Å². The summed E-state index contributed by atoms with van der Waals surface area (Å²) in [5, 5.41) is 15.4. The number of anilines is 3. The first-order chi connectivity index (χ1) is 15.5. The molecule has 0 spiro atoms. The van der Waals surface area contributed by atoms with E-state index in [0.29, 0.717) is 34.1 Å². The van der Waals surface area contributed by atoms with Crippen LogP contribution in [0.2, 0.25) is 0 Å². The molecule has 0 aliphatic carbocycles. The van der Waals surface area contributed by atoms with Crippen LogP contribution in [0.1, 0.15) is 37.9 Å². The molecule has 0 bridgehead atoms. The van der Waals surface area contributed by atoms with Crippen LogP contribution in [0.5, 0.6) is 0 Å². The Labute approximate surface area is 202 Å². The second-order valence-electron chi connectivity index (χ2n) is 7.66. The number of rotatable bonds is 8. The maximum absolute atomic E-state index is 12.8. The van der Waals surface area contributed by atoms with Crippen molar-refractivity contribution in [3.05, 3.63) is 53.9 Å². The first kappa shape index (κ1) is 26.1. The number of hydrogen-bond acceptors (Lipinski definition) is 5. The van der Waals surface area contributed by atoms with Crippen molar-refractivity contribution in [1.82, 2.24) is 19.0 Å². The molecule has 0 aliphatic heterocycles. The number of aryl methyl sites for hydroxylation is 3. The second kappa shape index (κ2) is 10.6. The Morgan fingerprint density at radius 2 is 1.26 bits per heavy atom. The number of carbonyl (C=O) groups excluding carboxylic acids is 3. The van der Waals surface area contributed by atoms with Gasteiger partial charge in [-0.1, -0.05) is 0 Å². The maximum atomic E-state index is 12.8. The minimum atomic E-state index is -0.407. The summed E-state index contributed by atoms with van der Waals surface area (Å²) in [7, 11) is 5.08. The summed E-state index contributed by atoms with van der Waals surface area (Å²) in [6.45, 7) is 0.244. The summed E-state index contributed by atoms with van der Waals surface area (Å²) in [6, 6.07) is 4.67. The number of nitrogens with zero attached hydrogens (tertiary/aromatic N) is 3. The predicted molar refractivity (Wildman–Crippen MR) is 133 cm³/mol. The third-order valence-electron chi connectivity index (χ3n) is 4.93. The lowest BCUT2D eigenvalue weighted by atomic mass is 10.3. The Hall–Kier alpha value is -4.19. The smallest absolute Gasteiger partial charge is 0.272 e. The van der Waals surface area contributed by atoms with E-state index in [1.54, 1.807) is 71.6 Å². The number of nitrogen functional groups attached to an aromatic ring is 1. The van der Waals surface area contributed by atoms with Crippen molar-refractivity contribution in [1.29, 1.82) is 5.41 Å². The van der Waals surface area contributed by atoms with Crippen molar-refractivity contribution < 1.29 is 14.4 Å². The zero-order chi connectivity index (χ0) is 24.3. The summed E-state index contributed by atoms with van der Waals surface area (Å²) in [5.41, 5.74) is 13.4. The van der Waals surface area contributed by atoms with Crippen molar-refractivity contribution in [2.75, 3.05) is 22.9 Å². The molecule has 0 aliphatic rings. The van der Waals surface area contributed by atoms with E-state index in [4.69, 9.17) is 16.9 Å². The minimum Gasteiger partial charge on any atom is -0.397 e. The lowest BCUT2D eigenvalue weighted by Gasteiger charge is -2.04. The van der Waals surface area contributed by atoms with E-state index in [0.717, 1.165) is 0 Å². The fourth-order valence-corrected chi connectivity index (χ4v) is 3.32. The third kappa shape index (κ3) is 5.98. The van der Waals surface area contributed by atoms with Crippen LogP contribution in [0.25, 0.3) is 0 Å². The molecule has 0 unspecified atom stereocenters. The van der Waals surface area contributed by atoms with Crippen LogP contribution in [-0.2, 0) is 21.1 Å². The van der Waals surface area contributed by atoms with Gasteiger partial charge in [-0.05, 0) is 18.2 Å². The predicted octanol–water partition coefficient (Wildman–Crippen LogP) is 1.27. The van der Waals surface area contributed by atoms with Gasteiger partial charge < -0.3 is 41.1 Å². The van der Waals surface area contributed by atoms with Crippen LogP contribution >= 0.6 is 12.4 Å². The van der Waals surface area contributed by atoms with E-state index in [-0.39, 0.29) is 43.0 Å². The van der Waals surface area contributed by atoms with Gasteiger partial charge in [-0.25, -0.2) is 0 Å². The van der Waals surface area contributed by atoms with E-state index in [1.807, 2.05) is 0 Å². The van der Waals surface area contributed by atoms with Crippen molar-refractivity contribution in [2.45, 2.75) is 6.42 Å². The molecule has 3 amide bonds. The van der Waals surface area contributed by atoms with Gasteiger partial charge in [-0.3, -0.25) is 19.8 Å². The quantitative estimate of drug-likeness (QED) is 0.205. The Balaban J connectivity index is 0.00000408. The molecule has 3 aromatic rings. The highest BCUT2D eigenvalue weighted by molar-refractivity contribution is 6.07. The Kier molecular flexibility index (Phi) is 8.14. The van der Waals surface area contributed by atoms with E-state index < -0.39 is 5.91 Å². The SMILES string of the molecule is Cl.Cn1cc(NC(=O)c2cc(NC(=O)c3cc(N)cn3C)cn2C)cc1C(=O)NCCC(=N)N. The van der Waals surface area contributed by atoms with Crippen molar-refractivity contribution in [3.63, 3.8) is 0 Å². The largest absolute Gasteiger partial charge is 0.397 e. The van der Waals surface area contributed by atoms with E-state index in [2.05, 4.69) is 16.0 Å². The molecule has 0 aromatic carbocycles. The topological polar surface area (TPSA) is 178 Å². The van der Waals surface area contributed by atoms with Crippen LogP contribution in [0, 0.1) is 5.41 Å². The van der Waals surface area contributed by atoms with Crippen molar-refractivity contribution >= 4 is 53.0 Å². The van der Waals surface area contributed by atoms with Crippen LogP contribution in [0.15, 0.2) is 36.8 Å². The molecule has 8 N–H and O–H groups in total. The molecule has 0 atom stereocenters. The highest BCUT2D eigenvalue weighted by Crippen LogP contribution is 2.19. The molecular weight excluding hydrogens is 462 g/mol. The first-order valence-corrected chi connectivity index (χ1v) is 10.0. The van der Waals surface area contributed by atoms with Crippen LogP contribution < -0.4 is 27.4 Å². The first-order valence-electron chi connectivity index (χ1n) is 10.0. The number of carbonyl (C=O) groups is 3. The second-order valence-corrected chi connectivity index (χ2v) is 7.66. The summed E-state index contributed by atoms with van der Waals surface area (Å²) in [6.07, 6.45) is 5.13. The van der Waals surface area contributed by atoms with E-state index in [9.17, 15) is 14.4 Å². The summed E-state index contributed by atoms with van der Waals surface area (Å²) >= 11 is 0. The minimum absolute atomic E-state index is 0. The number of halogens is 1. The fraction of sp³-hybridized carbons (Fsp3) is 0.238. The number of aromatic nitrogens is 3.